The number of nitrogens with zero attached hydrogens (tertiary/aromatic N) is 3. The summed E-state index contributed by atoms with van der Waals surface area (Å²) >= 11 is 0. The Bertz CT molecular complexity index is 305. The molecule has 0 saturated heterocycles. The summed E-state index contributed by atoms with van der Waals surface area (Å²) in [5, 5.41) is 8.96. The third-order valence-electron chi connectivity index (χ3n) is 1.40. The van der Waals surface area contributed by atoms with Crippen molar-refractivity contribution in [2.24, 2.45) is 0 Å². The summed E-state index contributed by atoms with van der Waals surface area (Å²) in [5.74, 6) is 5.40. The highest BCUT2D eigenvalue weighted by atomic mass is 19.4. The van der Waals surface area contributed by atoms with Crippen molar-refractivity contribution in [3.63, 3.8) is 0 Å². The van der Waals surface area contributed by atoms with E-state index >= 15 is 0 Å². The van der Waals surface area contributed by atoms with Gasteiger partial charge in [0.1, 0.15) is 0 Å². The zero-order chi connectivity index (χ0) is 10.8. The predicted molar refractivity (Wildman–Crippen MR) is 42.3 cm³/mol. The number of halogens is 3. The predicted octanol–water partition coefficient (Wildman–Crippen LogP) is -0.774. The number of alkyl halides is 3. The number of nitrogens with two attached hydrogens (primary N) is 2. The van der Waals surface area contributed by atoms with Gasteiger partial charge in [0.2, 0.25) is 5.95 Å². The molecule has 14 heavy (non-hydrogen) atoms. The van der Waals surface area contributed by atoms with Gasteiger partial charge in [-0.15, -0.1) is 10.2 Å². The number of hydrogen-bond donors (Lipinski definition) is 3. The molecule has 0 spiro atoms. The topological polar surface area (TPSA) is 94.8 Å². The van der Waals surface area contributed by atoms with E-state index in [4.69, 9.17) is 11.6 Å². The lowest BCUT2D eigenvalue weighted by atomic mass is 10.5. The molecule has 0 bridgehead atoms. The van der Waals surface area contributed by atoms with Crippen LogP contribution in [-0.4, -0.2) is 27.6 Å². The molecular weight excluding hydrogens is 201 g/mol. The summed E-state index contributed by atoms with van der Waals surface area (Å²) in [7, 11) is 0. The van der Waals surface area contributed by atoms with E-state index in [0.717, 1.165) is 4.68 Å². The van der Waals surface area contributed by atoms with Gasteiger partial charge in [0.25, 0.3) is 0 Å². The molecule has 0 atom stereocenters. The number of rotatable bonds is 3. The Balaban J connectivity index is 2.43. The Hall–Kier alpha value is -1.51. The van der Waals surface area contributed by atoms with Crippen molar-refractivity contribution in [1.29, 1.82) is 0 Å². The Morgan fingerprint density at radius 3 is 2.43 bits per heavy atom. The molecule has 1 aromatic heterocycles. The Morgan fingerprint density at radius 2 is 2.00 bits per heavy atom. The molecule has 0 fully saturated rings. The lowest BCUT2D eigenvalue weighted by Gasteiger charge is -2.07. The highest BCUT2D eigenvalue weighted by Crippen LogP contribution is 2.12. The van der Waals surface area contributed by atoms with Gasteiger partial charge >= 0.3 is 6.18 Å². The second-order valence-corrected chi connectivity index (χ2v) is 2.56. The normalized spacial score (nSPS) is 11.9. The van der Waals surface area contributed by atoms with E-state index in [0.29, 0.717) is 0 Å². The lowest BCUT2D eigenvalue weighted by Crippen LogP contribution is -2.30. The van der Waals surface area contributed by atoms with Gasteiger partial charge in [-0.25, -0.2) is 4.68 Å². The van der Waals surface area contributed by atoms with Crippen molar-refractivity contribution in [2.45, 2.75) is 12.7 Å². The van der Waals surface area contributed by atoms with Crippen molar-refractivity contribution in [2.75, 3.05) is 18.1 Å². The second kappa shape index (κ2) is 3.70. The minimum Gasteiger partial charge on any atom is -0.366 e. The van der Waals surface area contributed by atoms with Gasteiger partial charge in [0.05, 0.1) is 13.1 Å². The van der Waals surface area contributed by atoms with Crippen LogP contribution in [-0.2, 0) is 6.54 Å². The molecule has 80 valence electrons. The van der Waals surface area contributed by atoms with Crippen LogP contribution in [0.25, 0.3) is 0 Å². The first-order valence-corrected chi connectivity index (χ1v) is 3.62. The summed E-state index contributed by atoms with van der Waals surface area (Å²) in [6.45, 7) is -1.25. The summed E-state index contributed by atoms with van der Waals surface area (Å²) in [6, 6.07) is 0. The van der Waals surface area contributed by atoms with Crippen LogP contribution in [0.3, 0.4) is 0 Å². The Kier molecular flexibility index (Phi) is 2.79. The molecule has 0 saturated carbocycles. The Morgan fingerprint density at radius 1 is 1.36 bits per heavy atom. The van der Waals surface area contributed by atoms with Crippen LogP contribution in [0, 0.1) is 0 Å². The van der Waals surface area contributed by atoms with E-state index < -0.39 is 12.7 Å². The van der Waals surface area contributed by atoms with Crippen molar-refractivity contribution < 1.29 is 13.2 Å². The van der Waals surface area contributed by atoms with Gasteiger partial charge in [0, 0.05) is 0 Å². The van der Waals surface area contributed by atoms with Crippen molar-refractivity contribution >= 4 is 5.95 Å². The first kappa shape index (κ1) is 10.6. The Labute approximate surface area is 77.0 Å². The van der Waals surface area contributed by atoms with Gasteiger partial charge in [-0.3, -0.25) is 0 Å². The molecule has 5 N–H and O–H groups in total. The maximum absolute atomic E-state index is 11.7. The quantitative estimate of drug-likeness (QED) is 0.569. The van der Waals surface area contributed by atoms with Gasteiger partial charge in [-0.1, -0.05) is 0 Å². The largest absolute Gasteiger partial charge is 0.401 e. The fourth-order valence-corrected chi connectivity index (χ4v) is 0.774. The summed E-state index contributed by atoms with van der Waals surface area (Å²) in [6.07, 6.45) is -4.26. The summed E-state index contributed by atoms with van der Waals surface area (Å²) in [4.78, 5) is 0. The number of aromatic nitrogens is 3. The van der Waals surface area contributed by atoms with Crippen LogP contribution in [0.2, 0.25) is 0 Å². The molecule has 6 nitrogen and oxygen atoms in total. The van der Waals surface area contributed by atoms with Gasteiger partial charge in [-0.2, -0.15) is 13.2 Å². The number of nitrogens with one attached hydrogen (secondary N) is 1. The molecule has 0 aliphatic carbocycles. The van der Waals surface area contributed by atoms with Crippen LogP contribution in [0.1, 0.15) is 5.82 Å². The third-order valence-corrected chi connectivity index (χ3v) is 1.40. The molecule has 0 unspecified atom stereocenters. The zero-order valence-corrected chi connectivity index (χ0v) is 7.04. The van der Waals surface area contributed by atoms with E-state index in [1.165, 1.54) is 0 Å². The van der Waals surface area contributed by atoms with E-state index in [9.17, 15) is 13.2 Å². The maximum Gasteiger partial charge on any atom is 0.401 e. The van der Waals surface area contributed by atoms with E-state index in [1.807, 2.05) is 0 Å². The van der Waals surface area contributed by atoms with Crippen LogP contribution in [0.4, 0.5) is 19.1 Å². The minimum atomic E-state index is -4.26. The van der Waals surface area contributed by atoms with Crippen molar-refractivity contribution in [3.05, 3.63) is 5.82 Å². The number of nitrogen functional groups attached to an aromatic ring is 2. The standard InChI is InChI=1S/C5H9F3N6/c6-5(7,8)2-11-1-3-12-13-4(9)14(3)10/h11H,1-2,10H2,(H2,9,13). The highest BCUT2D eigenvalue weighted by Gasteiger charge is 2.26. The molecule has 0 aliphatic heterocycles. The van der Waals surface area contributed by atoms with Gasteiger partial charge < -0.3 is 16.9 Å². The average molecular weight is 210 g/mol. The van der Waals surface area contributed by atoms with Crippen LogP contribution < -0.4 is 16.9 Å². The van der Waals surface area contributed by atoms with Crippen LogP contribution in [0.5, 0.6) is 0 Å². The molecule has 1 heterocycles. The molecular formula is C5H9F3N6. The van der Waals surface area contributed by atoms with Crippen molar-refractivity contribution in [3.8, 4) is 0 Å². The van der Waals surface area contributed by atoms with E-state index in [-0.39, 0.29) is 18.3 Å². The lowest BCUT2D eigenvalue weighted by molar-refractivity contribution is -0.125. The SMILES string of the molecule is Nc1nnc(CNCC(F)(F)F)n1N. The van der Waals surface area contributed by atoms with E-state index in [1.54, 1.807) is 0 Å². The molecule has 0 radical (unpaired) electrons. The van der Waals surface area contributed by atoms with Crippen LogP contribution >= 0.6 is 0 Å². The smallest absolute Gasteiger partial charge is 0.366 e. The monoisotopic (exact) mass is 210 g/mol. The van der Waals surface area contributed by atoms with Crippen molar-refractivity contribution in [1.82, 2.24) is 20.2 Å². The number of anilines is 1. The maximum atomic E-state index is 11.7. The van der Waals surface area contributed by atoms with Gasteiger partial charge in [-0.05, 0) is 0 Å². The fourth-order valence-electron chi connectivity index (χ4n) is 0.774. The first-order chi connectivity index (χ1) is 6.40. The fraction of sp³-hybridized carbons (Fsp3) is 0.600. The highest BCUT2D eigenvalue weighted by molar-refractivity contribution is 5.16. The summed E-state index contributed by atoms with van der Waals surface area (Å²) in [5.41, 5.74) is 5.21. The average Bonchev–Trinajstić information content (AvgIpc) is 2.33. The molecule has 0 aliphatic rings. The van der Waals surface area contributed by atoms with Gasteiger partial charge in [0.15, 0.2) is 5.82 Å². The summed E-state index contributed by atoms with van der Waals surface area (Å²) < 4.78 is 36.0. The molecule has 9 heteroatoms. The third kappa shape index (κ3) is 2.76. The second-order valence-electron chi connectivity index (χ2n) is 2.56. The molecule has 1 aromatic rings. The first-order valence-electron chi connectivity index (χ1n) is 3.62. The number of hydrogen-bond acceptors (Lipinski definition) is 5. The minimum absolute atomic E-state index is 0.0474. The molecule has 1 rings (SSSR count). The zero-order valence-electron chi connectivity index (χ0n) is 7.04. The van der Waals surface area contributed by atoms with E-state index in [2.05, 4.69) is 15.5 Å². The molecule has 0 aromatic carbocycles. The molecule has 0 amide bonds. The van der Waals surface area contributed by atoms with Crippen LogP contribution in [0.15, 0.2) is 0 Å².